The molecular weight excluding hydrogens is 338 g/mol. The fourth-order valence-electron chi connectivity index (χ4n) is 3.61. The largest absolute Gasteiger partial charge is 0.325 e. The lowest BCUT2D eigenvalue weighted by Crippen LogP contribution is -2.35. The number of sulfonamides is 1. The van der Waals surface area contributed by atoms with Gasteiger partial charge in [0.25, 0.3) is 0 Å². The summed E-state index contributed by atoms with van der Waals surface area (Å²) >= 11 is 0. The molecule has 2 fully saturated rings. The predicted molar refractivity (Wildman–Crippen MR) is 94.2 cm³/mol. The van der Waals surface area contributed by atoms with Gasteiger partial charge >= 0.3 is 0 Å². The fraction of sp³-hybridized carbons (Fsp3) is 0.556. The van der Waals surface area contributed by atoms with Crippen LogP contribution in [0.4, 0.5) is 5.69 Å². The van der Waals surface area contributed by atoms with E-state index in [1.165, 1.54) is 10.4 Å². The summed E-state index contributed by atoms with van der Waals surface area (Å²) in [5, 5.41) is 12.2. The fourth-order valence-corrected chi connectivity index (χ4v) is 5.17. The Labute approximate surface area is 148 Å². The lowest BCUT2D eigenvalue weighted by molar-refractivity contribution is -0.122. The highest BCUT2D eigenvalue weighted by Gasteiger charge is 2.41. The summed E-state index contributed by atoms with van der Waals surface area (Å²) in [7, 11) is -3.54. The molecule has 0 unspecified atom stereocenters. The van der Waals surface area contributed by atoms with Crippen molar-refractivity contribution in [1.82, 2.24) is 4.31 Å². The Kier molecular flexibility index (Phi) is 5.11. The van der Waals surface area contributed by atoms with E-state index in [1.54, 1.807) is 18.2 Å². The molecule has 0 bridgehead atoms. The molecule has 1 N–H and O–H groups in total. The number of amides is 1. The first-order valence-electron chi connectivity index (χ1n) is 8.81. The van der Waals surface area contributed by atoms with E-state index in [2.05, 4.69) is 11.4 Å². The normalized spacial score (nSPS) is 20.8. The maximum atomic E-state index is 12.8. The summed E-state index contributed by atoms with van der Waals surface area (Å²) in [5.41, 5.74) is -0.563. The van der Waals surface area contributed by atoms with Gasteiger partial charge in [0.1, 0.15) is 5.41 Å². The van der Waals surface area contributed by atoms with Gasteiger partial charge in [-0.2, -0.15) is 9.57 Å². The zero-order valence-corrected chi connectivity index (χ0v) is 15.0. The second-order valence-electron chi connectivity index (χ2n) is 6.85. The van der Waals surface area contributed by atoms with Crippen LogP contribution in [-0.4, -0.2) is 31.7 Å². The molecule has 1 aromatic carbocycles. The standard InChI is InChI=1S/C18H23N3O3S/c19-14-18(9-2-3-10-18)17(22)20-15-7-6-8-16(13-15)25(23,24)21-11-4-1-5-12-21/h6-8,13H,1-5,9-12H2,(H,20,22). The molecule has 1 heterocycles. The highest BCUT2D eigenvalue weighted by atomic mass is 32.2. The van der Waals surface area contributed by atoms with Crippen molar-refractivity contribution in [3.8, 4) is 6.07 Å². The topological polar surface area (TPSA) is 90.3 Å². The Morgan fingerprint density at radius 1 is 1.12 bits per heavy atom. The molecule has 0 radical (unpaired) electrons. The number of nitrogens with one attached hydrogen (secondary N) is 1. The molecule has 1 saturated heterocycles. The summed E-state index contributed by atoms with van der Waals surface area (Å²) < 4.78 is 27.0. The Morgan fingerprint density at radius 2 is 1.80 bits per heavy atom. The number of benzene rings is 1. The Hall–Kier alpha value is -1.91. The van der Waals surface area contributed by atoms with Gasteiger partial charge in [0.05, 0.1) is 11.0 Å². The second-order valence-corrected chi connectivity index (χ2v) is 8.79. The van der Waals surface area contributed by atoms with E-state index in [1.807, 2.05) is 0 Å². The van der Waals surface area contributed by atoms with E-state index in [0.717, 1.165) is 32.1 Å². The zero-order chi connectivity index (χ0) is 17.9. The average molecular weight is 361 g/mol. The third-order valence-corrected chi connectivity index (χ3v) is 7.05. The van der Waals surface area contributed by atoms with E-state index < -0.39 is 15.4 Å². The predicted octanol–water partition coefficient (Wildman–Crippen LogP) is 2.88. The first-order chi connectivity index (χ1) is 12.0. The van der Waals surface area contributed by atoms with Crippen LogP contribution in [0.3, 0.4) is 0 Å². The van der Waals surface area contributed by atoms with Gasteiger partial charge in [0, 0.05) is 18.8 Å². The molecule has 6 nitrogen and oxygen atoms in total. The van der Waals surface area contributed by atoms with Crippen LogP contribution in [0, 0.1) is 16.7 Å². The van der Waals surface area contributed by atoms with Gasteiger partial charge in [-0.05, 0) is 43.9 Å². The number of piperidine rings is 1. The number of carbonyl (C=O) groups is 1. The number of rotatable bonds is 4. The lowest BCUT2D eigenvalue weighted by Gasteiger charge is -2.26. The van der Waals surface area contributed by atoms with Gasteiger partial charge in [-0.25, -0.2) is 8.42 Å². The van der Waals surface area contributed by atoms with Crippen LogP contribution in [0.5, 0.6) is 0 Å². The van der Waals surface area contributed by atoms with Crippen molar-refractivity contribution < 1.29 is 13.2 Å². The van der Waals surface area contributed by atoms with Crippen molar-refractivity contribution in [1.29, 1.82) is 5.26 Å². The van der Waals surface area contributed by atoms with Gasteiger partial charge in [0.15, 0.2) is 0 Å². The number of hydrogen-bond donors (Lipinski definition) is 1. The minimum absolute atomic E-state index is 0.185. The molecule has 7 heteroatoms. The van der Waals surface area contributed by atoms with Crippen LogP contribution >= 0.6 is 0 Å². The summed E-state index contributed by atoms with van der Waals surface area (Å²) in [5.74, 6) is -0.333. The van der Waals surface area contributed by atoms with Gasteiger partial charge in [0.2, 0.25) is 15.9 Å². The van der Waals surface area contributed by atoms with Crippen molar-refractivity contribution >= 4 is 21.6 Å². The van der Waals surface area contributed by atoms with Gasteiger partial charge < -0.3 is 5.32 Å². The van der Waals surface area contributed by atoms with E-state index >= 15 is 0 Å². The number of anilines is 1. The van der Waals surface area contributed by atoms with Crippen molar-refractivity contribution in [2.75, 3.05) is 18.4 Å². The number of nitriles is 1. The summed E-state index contributed by atoms with van der Waals surface area (Å²) in [4.78, 5) is 12.7. The van der Waals surface area contributed by atoms with Crippen molar-refractivity contribution in [3.05, 3.63) is 24.3 Å². The molecule has 0 aromatic heterocycles. The van der Waals surface area contributed by atoms with Crippen LogP contribution in [0.1, 0.15) is 44.9 Å². The number of hydrogen-bond acceptors (Lipinski definition) is 4. The number of carbonyl (C=O) groups excluding carboxylic acids is 1. The molecule has 1 aliphatic carbocycles. The van der Waals surface area contributed by atoms with E-state index in [4.69, 9.17) is 0 Å². The third kappa shape index (κ3) is 3.55. The van der Waals surface area contributed by atoms with Crippen LogP contribution in [0.15, 0.2) is 29.2 Å². The molecule has 134 valence electrons. The minimum atomic E-state index is -3.54. The first-order valence-corrected chi connectivity index (χ1v) is 10.2. The Morgan fingerprint density at radius 3 is 2.44 bits per heavy atom. The van der Waals surface area contributed by atoms with Crippen molar-refractivity contribution in [3.63, 3.8) is 0 Å². The summed E-state index contributed by atoms with van der Waals surface area (Å²) in [6.07, 6.45) is 5.65. The van der Waals surface area contributed by atoms with Crippen LogP contribution in [0.25, 0.3) is 0 Å². The highest BCUT2D eigenvalue weighted by molar-refractivity contribution is 7.89. The second kappa shape index (κ2) is 7.14. The monoisotopic (exact) mass is 361 g/mol. The Bertz CT molecular complexity index is 786. The molecule has 1 aliphatic heterocycles. The quantitative estimate of drug-likeness (QED) is 0.893. The number of nitrogens with zero attached hydrogens (tertiary/aromatic N) is 2. The van der Waals surface area contributed by atoms with Gasteiger partial charge in [-0.3, -0.25) is 4.79 Å². The molecule has 1 saturated carbocycles. The zero-order valence-electron chi connectivity index (χ0n) is 14.2. The summed E-state index contributed by atoms with van der Waals surface area (Å²) in [6.45, 7) is 1.08. The average Bonchev–Trinajstić information content (AvgIpc) is 3.13. The molecule has 3 rings (SSSR count). The van der Waals surface area contributed by atoms with Crippen LogP contribution in [0.2, 0.25) is 0 Å². The molecule has 0 atom stereocenters. The molecule has 2 aliphatic rings. The summed E-state index contributed by atoms with van der Waals surface area (Å²) in [6, 6.07) is 8.48. The molecule has 1 amide bonds. The maximum Gasteiger partial charge on any atom is 0.244 e. The van der Waals surface area contributed by atoms with Crippen molar-refractivity contribution in [2.45, 2.75) is 49.8 Å². The highest BCUT2D eigenvalue weighted by Crippen LogP contribution is 2.38. The molecule has 25 heavy (non-hydrogen) atoms. The van der Waals surface area contributed by atoms with E-state index in [-0.39, 0.29) is 10.8 Å². The SMILES string of the molecule is N#CC1(C(=O)Nc2cccc(S(=O)(=O)N3CCCCC3)c2)CCCC1. The van der Waals surface area contributed by atoms with E-state index in [9.17, 15) is 18.5 Å². The smallest absolute Gasteiger partial charge is 0.244 e. The van der Waals surface area contributed by atoms with Gasteiger partial charge in [-0.1, -0.05) is 25.3 Å². The lowest BCUT2D eigenvalue weighted by atomic mass is 9.87. The maximum absolute atomic E-state index is 12.8. The van der Waals surface area contributed by atoms with E-state index in [0.29, 0.717) is 31.6 Å². The van der Waals surface area contributed by atoms with Crippen LogP contribution < -0.4 is 5.32 Å². The first kappa shape index (κ1) is 17.9. The molecule has 1 aromatic rings. The van der Waals surface area contributed by atoms with Crippen LogP contribution in [-0.2, 0) is 14.8 Å². The minimum Gasteiger partial charge on any atom is -0.325 e. The third-order valence-electron chi connectivity index (χ3n) is 5.15. The van der Waals surface area contributed by atoms with Gasteiger partial charge in [-0.15, -0.1) is 0 Å². The Balaban J connectivity index is 1.80. The molecular formula is C18H23N3O3S. The molecule has 0 spiro atoms. The van der Waals surface area contributed by atoms with Crippen molar-refractivity contribution in [2.24, 2.45) is 5.41 Å².